The summed E-state index contributed by atoms with van der Waals surface area (Å²) in [5, 5.41) is 10.2. The fraction of sp³-hybridized carbons (Fsp3) is 0.933. The molecule has 2 fully saturated rings. The normalized spacial score (nSPS) is 25.5. The van der Waals surface area contributed by atoms with Gasteiger partial charge in [-0.3, -0.25) is 9.69 Å². The Morgan fingerprint density at radius 2 is 2.19 bits per heavy atom. The van der Waals surface area contributed by atoms with Gasteiger partial charge < -0.3 is 19.5 Å². The molecule has 1 atom stereocenters. The van der Waals surface area contributed by atoms with Gasteiger partial charge in [0, 0.05) is 33.4 Å². The van der Waals surface area contributed by atoms with E-state index >= 15 is 0 Å². The van der Waals surface area contributed by atoms with Gasteiger partial charge in [0.15, 0.2) is 0 Å². The molecular formula is C15H28N2O4. The number of methoxy groups -OCH3 is 1. The van der Waals surface area contributed by atoms with Crippen molar-refractivity contribution < 1.29 is 19.4 Å². The second-order valence-corrected chi connectivity index (χ2v) is 6.18. The molecule has 122 valence electrons. The number of ether oxygens (including phenoxy) is 2. The lowest BCUT2D eigenvalue weighted by atomic mass is 9.82. The van der Waals surface area contributed by atoms with Crippen molar-refractivity contribution >= 4 is 5.91 Å². The van der Waals surface area contributed by atoms with Crippen LogP contribution in [-0.4, -0.2) is 86.1 Å². The summed E-state index contributed by atoms with van der Waals surface area (Å²) in [6.45, 7) is 3.88. The molecule has 2 heterocycles. The number of carbonyl (C=O) groups excluding carboxylic acids is 1. The number of rotatable bonds is 5. The van der Waals surface area contributed by atoms with E-state index in [0.29, 0.717) is 26.2 Å². The topological polar surface area (TPSA) is 62.2 Å². The minimum absolute atomic E-state index is 0.147. The largest absolute Gasteiger partial charge is 0.390 e. The highest BCUT2D eigenvalue weighted by atomic mass is 16.5. The van der Waals surface area contributed by atoms with E-state index in [9.17, 15) is 9.90 Å². The van der Waals surface area contributed by atoms with Crippen LogP contribution in [0.25, 0.3) is 0 Å². The summed E-state index contributed by atoms with van der Waals surface area (Å²) in [5.74, 6) is 0.147. The monoisotopic (exact) mass is 300 g/mol. The Bertz CT molecular complexity index is 343. The number of aliphatic hydroxyl groups excluding tert-OH is 1. The first kappa shape index (κ1) is 16.7. The Morgan fingerprint density at radius 1 is 1.48 bits per heavy atom. The first-order chi connectivity index (χ1) is 10.1. The summed E-state index contributed by atoms with van der Waals surface area (Å²) in [6.07, 6.45) is 2.83. The molecule has 2 aliphatic rings. The first-order valence-corrected chi connectivity index (χ1v) is 7.85. The summed E-state index contributed by atoms with van der Waals surface area (Å²) in [4.78, 5) is 16.1. The summed E-state index contributed by atoms with van der Waals surface area (Å²) >= 11 is 0. The number of aliphatic hydroxyl groups is 1. The predicted octanol–water partition coefficient (Wildman–Crippen LogP) is 0.0971. The minimum Gasteiger partial charge on any atom is -0.390 e. The van der Waals surface area contributed by atoms with Crippen LogP contribution in [0.1, 0.15) is 25.7 Å². The van der Waals surface area contributed by atoms with Gasteiger partial charge in [0.2, 0.25) is 5.91 Å². The van der Waals surface area contributed by atoms with Gasteiger partial charge in [0.05, 0.1) is 24.9 Å². The molecule has 21 heavy (non-hydrogen) atoms. The van der Waals surface area contributed by atoms with Gasteiger partial charge in [-0.1, -0.05) is 0 Å². The van der Waals surface area contributed by atoms with Crippen LogP contribution < -0.4 is 0 Å². The Balaban J connectivity index is 1.79. The number of carbonyl (C=O) groups is 1. The van der Waals surface area contributed by atoms with Gasteiger partial charge in [-0.2, -0.15) is 0 Å². The third-order valence-corrected chi connectivity index (χ3v) is 4.66. The molecule has 0 aromatic carbocycles. The summed E-state index contributed by atoms with van der Waals surface area (Å²) in [6, 6.07) is 0. The van der Waals surface area contributed by atoms with E-state index in [1.165, 1.54) is 0 Å². The maximum atomic E-state index is 12.3. The number of hydrogen-bond donors (Lipinski definition) is 1. The van der Waals surface area contributed by atoms with Crippen LogP contribution >= 0.6 is 0 Å². The van der Waals surface area contributed by atoms with E-state index in [-0.39, 0.29) is 12.0 Å². The van der Waals surface area contributed by atoms with Crippen LogP contribution in [-0.2, 0) is 14.3 Å². The van der Waals surface area contributed by atoms with Gasteiger partial charge in [-0.15, -0.1) is 0 Å². The van der Waals surface area contributed by atoms with Crippen LogP contribution in [0.3, 0.4) is 0 Å². The van der Waals surface area contributed by atoms with Crippen LogP contribution in [0, 0.1) is 0 Å². The van der Waals surface area contributed by atoms with Crippen molar-refractivity contribution in [3.05, 3.63) is 0 Å². The van der Waals surface area contributed by atoms with Crippen molar-refractivity contribution in [1.29, 1.82) is 0 Å². The van der Waals surface area contributed by atoms with Crippen molar-refractivity contribution in [3.63, 3.8) is 0 Å². The van der Waals surface area contributed by atoms with Crippen LogP contribution in [0.15, 0.2) is 0 Å². The van der Waals surface area contributed by atoms with Crippen molar-refractivity contribution in [2.75, 3.05) is 53.6 Å². The molecular weight excluding hydrogens is 272 g/mol. The smallest absolute Gasteiger partial charge is 0.236 e. The molecule has 0 aromatic heterocycles. The van der Waals surface area contributed by atoms with Crippen LogP contribution in [0.5, 0.6) is 0 Å². The highest BCUT2D eigenvalue weighted by molar-refractivity contribution is 5.78. The molecule has 0 radical (unpaired) electrons. The quantitative estimate of drug-likeness (QED) is 0.780. The number of likely N-dealkylation sites (tertiary alicyclic amines) is 1. The summed E-state index contributed by atoms with van der Waals surface area (Å²) in [7, 11) is 3.59. The Morgan fingerprint density at radius 3 is 2.81 bits per heavy atom. The number of piperidine rings is 1. The lowest BCUT2D eigenvalue weighted by Crippen LogP contribution is -2.56. The lowest BCUT2D eigenvalue weighted by molar-refractivity contribution is -0.179. The fourth-order valence-corrected chi connectivity index (χ4v) is 3.18. The molecule has 0 aromatic rings. The first-order valence-electron chi connectivity index (χ1n) is 7.85. The molecule has 6 heteroatoms. The molecule has 2 rings (SSSR count). The van der Waals surface area contributed by atoms with E-state index in [4.69, 9.17) is 9.47 Å². The molecule has 0 unspecified atom stereocenters. The van der Waals surface area contributed by atoms with E-state index in [1.54, 1.807) is 7.11 Å². The van der Waals surface area contributed by atoms with Gasteiger partial charge in [-0.25, -0.2) is 0 Å². The molecule has 0 aliphatic carbocycles. The van der Waals surface area contributed by atoms with E-state index < -0.39 is 5.60 Å². The second-order valence-electron chi connectivity index (χ2n) is 6.18. The van der Waals surface area contributed by atoms with Gasteiger partial charge in [0.1, 0.15) is 0 Å². The molecule has 2 saturated heterocycles. The molecule has 6 nitrogen and oxygen atoms in total. The lowest BCUT2D eigenvalue weighted by Gasteiger charge is -2.46. The van der Waals surface area contributed by atoms with Crippen molar-refractivity contribution in [2.45, 2.75) is 37.4 Å². The highest BCUT2D eigenvalue weighted by Crippen LogP contribution is 2.35. The van der Waals surface area contributed by atoms with Crippen molar-refractivity contribution in [1.82, 2.24) is 9.80 Å². The van der Waals surface area contributed by atoms with E-state index in [2.05, 4.69) is 0 Å². The zero-order chi connectivity index (χ0) is 15.3. The molecule has 0 saturated carbocycles. The summed E-state index contributed by atoms with van der Waals surface area (Å²) < 4.78 is 10.9. The maximum Gasteiger partial charge on any atom is 0.236 e. The highest BCUT2D eigenvalue weighted by Gasteiger charge is 2.44. The molecule has 0 bridgehead atoms. The minimum atomic E-state index is -0.406. The van der Waals surface area contributed by atoms with Crippen LogP contribution in [0.4, 0.5) is 0 Å². The SMILES string of the molecule is COCCN(C)CC(=O)N1CCC2(CC1)OCCC[C@H]2O. The number of hydrogen-bond acceptors (Lipinski definition) is 5. The summed E-state index contributed by atoms with van der Waals surface area (Å²) in [5.41, 5.74) is -0.406. The molecule has 1 amide bonds. The predicted molar refractivity (Wildman–Crippen MR) is 79.1 cm³/mol. The van der Waals surface area contributed by atoms with E-state index in [1.807, 2.05) is 16.8 Å². The molecule has 2 aliphatic heterocycles. The number of amides is 1. The number of nitrogens with zero attached hydrogens (tertiary/aromatic N) is 2. The average Bonchev–Trinajstić information content (AvgIpc) is 2.49. The third-order valence-electron chi connectivity index (χ3n) is 4.66. The van der Waals surface area contributed by atoms with Gasteiger partial charge >= 0.3 is 0 Å². The Hall–Kier alpha value is -0.690. The Kier molecular flexibility index (Phi) is 5.98. The average molecular weight is 300 g/mol. The molecule has 1 N–H and O–H groups in total. The van der Waals surface area contributed by atoms with Crippen LogP contribution in [0.2, 0.25) is 0 Å². The zero-order valence-electron chi connectivity index (χ0n) is 13.2. The second kappa shape index (κ2) is 7.54. The third kappa shape index (κ3) is 4.16. The van der Waals surface area contributed by atoms with E-state index in [0.717, 1.165) is 38.8 Å². The van der Waals surface area contributed by atoms with Gasteiger partial charge in [-0.05, 0) is 32.7 Å². The number of likely N-dealkylation sites (N-methyl/N-ethyl adjacent to an activating group) is 1. The van der Waals surface area contributed by atoms with Gasteiger partial charge in [0.25, 0.3) is 0 Å². The van der Waals surface area contributed by atoms with Crippen molar-refractivity contribution in [3.8, 4) is 0 Å². The molecule has 1 spiro atoms. The fourth-order valence-electron chi connectivity index (χ4n) is 3.18. The maximum absolute atomic E-state index is 12.3. The zero-order valence-corrected chi connectivity index (χ0v) is 13.2. The standard InChI is InChI=1S/C15H28N2O4/c1-16(9-11-20-2)12-14(19)17-7-5-15(6-8-17)13(18)4-3-10-21-15/h13,18H,3-12H2,1-2H3/t13-/m1/s1. The van der Waals surface area contributed by atoms with Crippen molar-refractivity contribution in [2.24, 2.45) is 0 Å². The Labute approximate surface area is 127 Å².